The van der Waals surface area contributed by atoms with Crippen LogP contribution in [0, 0.1) is 12.8 Å². The van der Waals surface area contributed by atoms with Gasteiger partial charge in [-0.15, -0.1) is 0 Å². The van der Waals surface area contributed by atoms with Gasteiger partial charge in [-0.25, -0.2) is 13.1 Å². The molecule has 1 aromatic rings. The third-order valence-corrected chi connectivity index (χ3v) is 6.04. The molecule has 0 radical (unpaired) electrons. The lowest BCUT2D eigenvalue weighted by Gasteiger charge is -2.30. The van der Waals surface area contributed by atoms with E-state index < -0.39 is 10.0 Å². The topological polar surface area (TPSA) is 66.4 Å². The molecule has 2 atom stereocenters. The number of rotatable bonds is 4. The Labute approximate surface area is 125 Å². The second-order valence-corrected chi connectivity index (χ2v) is 7.40. The number of sulfonamides is 1. The Bertz CT molecular complexity index is 574. The Morgan fingerprint density at radius 3 is 2.75 bits per heavy atom. The highest BCUT2D eigenvalue weighted by atomic mass is 35.5. The zero-order chi connectivity index (χ0) is 14.8. The van der Waals surface area contributed by atoms with Gasteiger partial charge in [0.15, 0.2) is 0 Å². The number of aliphatic hydroxyl groups is 1. The molecule has 112 valence electrons. The van der Waals surface area contributed by atoms with Gasteiger partial charge in [0, 0.05) is 12.6 Å². The standard InChI is InChI=1S/C14H20ClNO3S/c1-10-5-4-8-13(14(10)15)20(18,19)16-12-7-3-2-6-11(12)9-17/h4-5,8,11-12,16-17H,2-3,6-7,9H2,1H3. The third kappa shape index (κ3) is 3.34. The van der Waals surface area contributed by atoms with Gasteiger partial charge in [-0.2, -0.15) is 0 Å². The second kappa shape index (κ2) is 6.43. The summed E-state index contributed by atoms with van der Waals surface area (Å²) in [4.78, 5) is 0.112. The molecule has 1 aliphatic rings. The molecule has 0 aliphatic heterocycles. The molecular formula is C14H20ClNO3S. The normalized spacial score (nSPS) is 23.8. The van der Waals surface area contributed by atoms with Crippen LogP contribution in [0.2, 0.25) is 5.02 Å². The lowest BCUT2D eigenvalue weighted by atomic mass is 9.86. The van der Waals surface area contributed by atoms with Crippen molar-refractivity contribution in [3.05, 3.63) is 28.8 Å². The number of halogens is 1. The van der Waals surface area contributed by atoms with E-state index in [-0.39, 0.29) is 28.5 Å². The van der Waals surface area contributed by atoms with E-state index >= 15 is 0 Å². The van der Waals surface area contributed by atoms with E-state index in [0.29, 0.717) is 0 Å². The van der Waals surface area contributed by atoms with Crippen LogP contribution in [-0.2, 0) is 10.0 Å². The Morgan fingerprint density at radius 1 is 1.35 bits per heavy atom. The molecule has 1 aliphatic carbocycles. The number of hydrogen-bond acceptors (Lipinski definition) is 3. The zero-order valence-electron chi connectivity index (χ0n) is 11.5. The van der Waals surface area contributed by atoms with Gasteiger partial charge in [0.25, 0.3) is 0 Å². The van der Waals surface area contributed by atoms with Crippen LogP contribution in [0.5, 0.6) is 0 Å². The average molecular weight is 318 g/mol. The van der Waals surface area contributed by atoms with E-state index in [9.17, 15) is 13.5 Å². The van der Waals surface area contributed by atoms with E-state index in [1.54, 1.807) is 19.1 Å². The third-order valence-electron chi connectivity index (χ3n) is 3.90. The number of benzene rings is 1. The fourth-order valence-corrected chi connectivity index (χ4v) is 4.59. The van der Waals surface area contributed by atoms with Crippen molar-refractivity contribution in [2.24, 2.45) is 5.92 Å². The van der Waals surface area contributed by atoms with Gasteiger partial charge >= 0.3 is 0 Å². The van der Waals surface area contributed by atoms with E-state index in [4.69, 9.17) is 11.6 Å². The molecule has 0 spiro atoms. The lowest BCUT2D eigenvalue weighted by molar-refractivity contribution is 0.164. The monoisotopic (exact) mass is 317 g/mol. The van der Waals surface area contributed by atoms with Crippen molar-refractivity contribution in [3.8, 4) is 0 Å². The minimum Gasteiger partial charge on any atom is -0.396 e. The molecule has 0 heterocycles. The molecule has 1 fully saturated rings. The molecule has 20 heavy (non-hydrogen) atoms. The minimum absolute atomic E-state index is 0.00867. The molecule has 6 heteroatoms. The first kappa shape index (κ1) is 15.8. The molecular weight excluding hydrogens is 298 g/mol. The molecule has 0 saturated heterocycles. The summed E-state index contributed by atoms with van der Waals surface area (Å²) in [7, 11) is -3.65. The van der Waals surface area contributed by atoms with Crippen LogP contribution in [0.15, 0.2) is 23.1 Å². The molecule has 0 amide bonds. The predicted molar refractivity (Wildman–Crippen MR) is 79.3 cm³/mol. The second-order valence-electron chi connectivity index (χ2n) is 5.34. The summed E-state index contributed by atoms with van der Waals surface area (Å²) in [6, 6.07) is 4.75. The first-order valence-corrected chi connectivity index (χ1v) is 8.70. The van der Waals surface area contributed by atoms with Gasteiger partial charge in [0.1, 0.15) is 4.90 Å². The van der Waals surface area contributed by atoms with E-state index in [0.717, 1.165) is 31.2 Å². The van der Waals surface area contributed by atoms with Crippen molar-refractivity contribution in [3.63, 3.8) is 0 Å². The fraction of sp³-hybridized carbons (Fsp3) is 0.571. The highest BCUT2D eigenvalue weighted by Crippen LogP contribution is 2.28. The van der Waals surface area contributed by atoms with Crippen LogP contribution < -0.4 is 4.72 Å². The molecule has 1 aromatic carbocycles. The maximum atomic E-state index is 12.5. The summed E-state index contributed by atoms with van der Waals surface area (Å²) in [5, 5.41) is 9.63. The van der Waals surface area contributed by atoms with Crippen LogP contribution >= 0.6 is 11.6 Å². The Morgan fingerprint density at radius 2 is 2.05 bits per heavy atom. The van der Waals surface area contributed by atoms with Gasteiger partial charge in [-0.05, 0) is 37.3 Å². The zero-order valence-corrected chi connectivity index (χ0v) is 13.0. The van der Waals surface area contributed by atoms with Crippen LogP contribution in [0.1, 0.15) is 31.2 Å². The molecule has 1 saturated carbocycles. The van der Waals surface area contributed by atoms with Crippen molar-refractivity contribution < 1.29 is 13.5 Å². The number of hydrogen-bond donors (Lipinski definition) is 2. The Hall–Kier alpha value is -0.620. The smallest absolute Gasteiger partial charge is 0.242 e. The summed E-state index contributed by atoms with van der Waals surface area (Å²) >= 11 is 6.10. The lowest BCUT2D eigenvalue weighted by Crippen LogP contribution is -2.43. The van der Waals surface area contributed by atoms with Crippen molar-refractivity contribution in [2.45, 2.75) is 43.5 Å². The highest BCUT2D eigenvalue weighted by molar-refractivity contribution is 7.89. The average Bonchev–Trinajstić information content (AvgIpc) is 2.42. The Balaban J connectivity index is 2.24. The van der Waals surface area contributed by atoms with Crippen LogP contribution in [0.25, 0.3) is 0 Å². The molecule has 2 rings (SSSR count). The van der Waals surface area contributed by atoms with Crippen molar-refractivity contribution >= 4 is 21.6 Å². The fourth-order valence-electron chi connectivity index (χ4n) is 2.67. The molecule has 4 nitrogen and oxygen atoms in total. The van der Waals surface area contributed by atoms with E-state index in [2.05, 4.69) is 4.72 Å². The quantitative estimate of drug-likeness (QED) is 0.896. The number of aliphatic hydroxyl groups excluding tert-OH is 1. The Kier molecular flexibility index (Phi) is 5.07. The summed E-state index contributed by atoms with van der Waals surface area (Å²) in [5.74, 6) is -0.0119. The summed E-state index contributed by atoms with van der Waals surface area (Å²) < 4.78 is 27.6. The summed E-state index contributed by atoms with van der Waals surface area (Å²) in [6.07, 6.45) is 3.62. The van der Waals surface area contributed by atoms with Gasteiger partial charge in [0.2, 0.25) is 10.0 Å². The van der Waals surface area contributed by atoms with Gasteiger partial charge in [0.05, 0.1) is 5.02 Å². The van der Waals surface area contributed by atoms with Gasteiger partial charge < -0.3 is 5.11 Å². The molecule has 0 bridgehead atoms. The molecule has 2 N–H and O–H groups in total. The summed E-state index contributed by atoms with van der Waals surface area (Å²) in [5.41, 5.74) is 0.733. The minimum atomic E-state index is -3.65. The number of nitrogens with one attached hydrogen (secondary N) is 1. The molecule has 2 unspecified atom stereocenters. The van der Waals surface area contributed by atoms with Crippen LogP contribution in [-0.4, -0.2) is 26.2 Å². The maximum Gasteiger partial charge on any atom is 0.242 e. The maximum absolute atomic E-state index is 12.5. The number of aryl methyl sites for hydroxylation is 1. The SMILES string of the molecule is Cc1cccc(S(=O)(=O)NC2CCCCC2CO)c1Cl. The van der Waals surface area contributed by atoms with Crippen LogP contribution in [0.4, 0.5) is 0 Å². The van der Waals surface area contributed by atoms with Crippen molar-refractivity contribution in [1.82, 2.24) is 4.72 Å². The van der Waals surface area contributed by atoms with Crippen LogP contribution in [0.3, 0.4) is 0 Å². The first-order chi connectivity index (χ1) is 9.45. The van der Waals surface area contributed by atoms with Gasteiger partial charge in [-0.1, -0.05) is 36.6 Å². The van der Waals surface area contributed by atoms with E-state index in [1.807, 2.05) is 0 Å². The van der Waals surface area contributed by atoms with Crippen molar-refractivity contribution in [1.29, 1.82) is 0 Å². The molecule has 0 aromatic heterocycles. The van der Waals surface area contributed by atoms with Crippen molar-refractivity contribution in [2.75, 3.05) is 6.61 Å². The first-order valence-electron chi connectivity index (χ1n) is 6.84. The van der Waals surface area contributed by atoms with Gasteiger partial charge in [-0.3, -0.25) is 0 Å². The highest BCUT2D eigenvalue weighted by Gasteiger charge is 2.30. The largest absolute Gasteiger partial charge is 0.396 e. The van der Waals surface area contributed by atoms with E-state index in [1.165, 1.54) is 6.07 Å². The summed E-state index contributed by atoms with van der Waals surface area (Å²) in [6.45, 7) is 1.78. The predicted octanol–water partition coefficient (Wildman–Crippen LogP) is 2.48.